The van der Waals surface area contributed by atoms with Gasteiger partial charge in [-0.3, -0.25) is 20.0 Å². The Hall–Kier alpha value is -4.70. The molecular formula is C30H28N6O3S. The lowest BCUT2D eigenvalue weighted by atomic mass is 10.1. The highest BCUT2D eigenvalue weighted by molar-refractivity contribution is 7.12. The van der Waals surface area contributed by atoms with Crippen LogP contribution in [0.2, 0.25) is 0 Å². The smallest absolute Gasteiger partial charge is 0.286 e. The van der Waals surface area contributed by atoms with E-state index in [4.69, 9.17) is 4.98 Å². The molecule has 0 spiro atoms. The second-order valence-corrected chi connectivity index (χ2v) is 10.4. The van der Waals surface area contributed by atoms with Gasteiger partial charge in [-0.15, -0.1) is 16.5 Å². The number of thiazole rings is 1. The Balaban J connectivity index is 1.54. The topological polar surface area (TPSA) is 119 Å². The monoisotopic (exact) mass is 552 g/mol. The van der Waals surface area contributed by atoms with E-state index in [1.165, 1.54) is 33.7 Å². The predicted molar refractivity (Wildman–Crippen MR) is 158 cm³/mol. The molecule has 2 heterocycles. The molecule has 0 aliphatic rings. The maximum absolute atomic E-state index is 13.6. The highest BCUT2D eigenvalue weighted by Gasteiger charge is 2.20. The Bertz CT molecular complexity index is 1750. The molecule has 5 aromatic rings. The van der Waals surface area contributed by atoms with Crippen molar-refractivity contribution in [3.05, 3.63) is 109 Å². The number of nitro groups is 1. The Kier molecular flexibility index (Phi) is 7.79. The first kappa shape index (κ1) is 26.9. The fourth-order valence-corrected chi connectivity index (χ4v) is 5.14. The summed E-state index contributed by atoms with van der Waals surface area (Å²) < 4.78 is 1.34. The molecule has 0 radical (unpaired) electrons. The first-order chi connectivity index (χ1) is 19.3. The molecule has 0 saturated heterocycles. The van der Waals surface area contributed by atoms with Crippen LogP contribution in [0.25, 0.3) is 27.6 Å². The lowest BCUT2D eigenvalue weighted by Gasteiger charge is -2.02. The Morgan fingerprint density at radius 3 is 2.40 bits per heavy atom. The minimum absolute atomic E-state index is 0.0470. The summed E-state index contributed by atoms with van der Waals surface area (Å²) in [6.45, 7) is 6.10. The normalized spacial score (nSPS) is 11.4. The number of azo groups is 1. The standard InChI is InChI=1S/C30H28N6O3S/c1-4-5-6-21-8-10-22(11-9-21)26-18-40-30(31-26)35-29(37)28(33-32-25-16-7-19(2)17-20(25)3)27(34-35)23-12-14-24(15-13-23)36(38)39/h7-18,34H,4-6H2,1-3H3. The molecule has 40 heavy (non-hydrogen) atoms. The Morgan fingerprint density at radius 2 is 1.73 bits per heavy atom. The first-order valence-electron chi connectivity index (χ1n) is 13.0. The molecule has 0 aliphatic carbocycles. The average molecular weight is 553 g/mol. The molecular weight excluding hydrogens is 524 g/mol. The lowest BCUT2D eigenvalue weighted by Crippen LogP contribution is -2.13. The Morgan fingerprint density at radius 1 is 1.00 bits per heavy atom. The fraction of sp³-hybridized carbons (Fsp3) is 0.200. The zero-order chi connectivity index (χ0) is 28.2. The van der Waals surface area contributed by atoms with Gasteiger partial charge in [-0.1, -0.05) is 55.3 Å². The summed E-state index contributed by atoms with van der Waals surface area (Å²) in [4.78, 5) is 29.0. The van der Waals surface area contributed by atoms with E-state index in [9.17, 15) is 14.9 Å². The second-order valence-electron chi connectivity index (χ2n) is 9.59. The number of H-pyrrole nitrogens is 1. The number of benzene rings is 3. The molecule has 0 saturated carbocycles. The number of hydrogen-bond acceptors (Lipinski definition) is 7. The molecule has 1 N–H and O–H groups in total. The molecule has 0 atom stereocenters. The quantitative estimate of drug-likeness (QED) is 0.112. The van der Waals surface area contributed by atoms with Crippen LogP contribution in [0.15, 0.2) is 87.1 Å². The third kappa shape index (κ3) is 5.67. The molecule has 3 aromatic carbocycles. The molecule has 0 fully saturated rings. The van der Waals surface area contributed by atoms with Crippen LogP contribution in [-0.2, 0) is 6.42 Å². The number of nitrogens with zero attached hydrogens (tertiary/aromatic N) is 5. The number of hydrogen-bond donors (Lipinski definition) is 1. The molecule has 202 valence electrons. The van der Waals surface area contributed by atoms with Crippen molar-refractivity contribution in [3.8, 4) is 27.6 Å². The van der Waals surface area contributed by atoms with E-state index in [0.717, 1.165) is 41.6 Å². The molecule has 5 rings (SSSR count). The van der Waals surface area contributed by atoms with Gasteiger partial charge in [0.05, 0.1) is 22.0 Å². The number of nitro benzene ring substituents is 1. The molecule has 0 amide bonds. The van der Waals surface area contributed by atoms with Crippen LogP contribution < -0.4 is 5.56 Å². The van der Waals surface area contributed by atoms with E-state index in [2.05, 4.69) is 34.4 Å². The Labute approximate surface area is 235 Å². The highest BCUT2D eigenvalue weighted by atomic mass is 32.1. The van der Waals surface area contributed by atoms with Crippen molar-refractivity contribution in [2.45, 2.75) is 40.0 Å². The van der Waals surface area contributed by atoms with E-state index in [1.807, 2.05) is 49.6 Å². The van der Waals surface area contributed by atoms with Crippen LogP contribution >= 0.6 is 11.3 Å². The van der Waals surface area contributed by atoms with Gasteiger partial charge < -0.3 is 0 Å². The number of aromatic nitrogens is 3. The van der Waals surface area contributed by atoms with E-state index in [0.29, 0.717) is 22.1 Å². The number of aryl methyl sites for hydroxylation is 3. The van der Waals surface area contributed by atoms with Crippen molar-refractivity contribution in [3.63, 3.8) is 0 Å². The molecule has 0 unspecified atom stereocenters. The summed E-state index contributed by atoms with van der Waals surface area (Å²) in [5.41, 5.74) is 6.27. The van der Waals surface area contributed by atoms with Gasteiger partial charge in [-0.2, -0.15) is 9.80 Å². The number of aromatic amines is 1. The molecule has 0 aliphatic heterocycles. The van der Waals surface area contributed by atoms with Gasteiger partial charge in [0, 0.05) is 28.6 Å². The van der Waals surface area contributed by atoms with Crippen LogP contribution in [-0.4, -0.2) is 19.7 Å². The van der Waals surface area contributed by atoms with Crippen molar-refractivity contribution in [2.24, 2.45) is 10.2 Å². The van der Waals surface area contributed by atoms with Gasteiger partial charge >= 0.3 is 5.56 Å². The van der Waals surface area contributed by atoms with Crippen molar-refractivity contribution < 1.29 is 4.92 Å². The van der Waals surface area contributed by atoms with E-state index < -0.39 is 10.5 Å². The summed E-state index contributed by atoms with van der Waals surface area (Å²) in [5.74, 6) is 0. The van der Waals surface area contributed by atoms with Crippen LogP contribution in [0.3, 0.4) is 0 Å². The third-order valence-corrected chi connectivity index (χ3v) is 7.42. The SMILES string of the molecule is CCCCc1ccc(-c2csc(-n3[nH]c(-c4ccc([N+](=O)[O-])cc4)c(N=Nc4ccc(C)cc4C)c3=O)n2)cc1. The second kappa shape index (κ2) is 11.6. The number of rotatable bonds is 9. The predicted octanol–water partition coefficient (Wildman–Crippen LogP) is 8.24. The fourth-order valence-electron chi connectivity index (χ4n) is 4.35. The summed E-state index contributed by atoms with van der Waals surface area (Å²) in [7, 11) is 0. The van der Waals surface area contributed by atoms with E-state index in [-0.39, 0.29) is 11.4 Å². The summed E-state index contributed by atoms with van der Waals surface area (Å²) in [6.07, 6.45) is 3.34. The van der Waals surface area contributed by atoms with Crippen LogP contribution in [0.4, 0.5) is 17.1 Å². The zero-order valence-electron chi connectivity index (χ0n) is 22.4. The molecule has 10 heteroatoms. The maximum Gasteiger partial charge on any atom is 0.301 e. The van der Waals surface area contributed by atoms with Gasteiger partial charge in [0.1, 0.15) is 0 Å². The van der Waals surface area contributed by atoms with Crippen LogP contribution in [0.1, 0.15) is 36.5 Å². The van der Waals surface area contributed by atoms with Gasteiger partial charge in [0.2, 0.25) is 5.13 Å². The van der Waals surface area contributed by atoms with Gasteiger partial charge in [0.15, 0.2) is 5.69 Å². The number of non-ortho nitro benzene ring substituents is 1. The van der Waals surface area contributed by atoms with E-state index in [1.54, 1.807) is 12.1 Å². The third-order valence-electron chi connectivity index (χ3n) is 6.59. The number of nitrogens with one attached hydrogen (secondary N) is 1. The van der Waals surface area contributed by atoms with Gasteiger partial charge in [-0.05, 0) is 56.0 Å². The minimum atomic E-state index is -0.466. The zero-order valence-corrected chi connectivity index (χ0v) is 23.2. The summed E-state index contributed by atoms with van der Waals surface area (Å²) >= 11 is 1.33. The molecule has 9 nitrogen and oxygen atoms in total. The van der Waals surface area contributed by atoms with E-state index >= 15 is 0 Å². The van der Waals surface area contributed by atoms with Gasteiger partial charge in [-0.25, -0.2) is 4.98 Å². The average Bonchev–Trinajstić information content (AvgIpc) is 3.56. The maximum atomic E-state index is 13.6. The number of unbranched alkanes of at least 4 members (excludes halogenated alkanes) is 1. The lowest BCUT2D eigenvalue weighted by molar-refractivity contribution is -0.384. The van der Waals surface area contributed by atoms with Crippen molar-refractivity contribution in [2.75, 3.05) is 0 Å². The molecule has 0 bridgehead atoms. The largest absolute Gasteiger partial charge is 0.301 e. The van der Waals surface area contributed by atoms with Crippen molar-refractivity contribution >= 4 is 28.4 Å². The van der Waals surface area contributed by atoms with Crippen LogP contribution in [0, 0.1) is 24.0 Å². The van der Waals surface area contributed by atoms with Crippen LogP contribution in [0.5, 0.6) is 0 Å². The highest BCUT2D eigenvalue weighted by Crippen LogP contribution is 2.31. The van der Waals surface area contributed by atoms with Crippen molar-refractivity contribution in [1.82, 2.24) is 14.8 Å². The molecule has 2 aromatic heterocycles. The summed E-state index contributed by atoms with van der Waals surface area (Å²) in [6, 6.07) is 20.0. The first-order valence-corrected chi connectivity index (χ1v) is 13.9. The summed E-state index contributed by atoms with van der Waals surface area (Å²) in [5, 5.41) is 25.4. The van der Waals surface area contributed by atoms with Gasteiger partial charge in [0.25, 0.3) is 5.69 Å². The van der Waals surface area contributed by atoms with Crippen molar-refractivity contribution in [1.29, 1.82) is 0 Å². The minimum Gasteiger partial charge on any atom is -0.286 e.